The molecule has 0 aromatic heterocycles. The summed E-state index contributed by atoms with van der Waals surface area (Å²) in [5.41, 5.74) is 3.45. The fraction of sp³-hybridized carbons (Fsp3) is 0.200. The van der Waals surface area contributed by atoms with Crippen molar-refractivity contribution in [3.63, 3.8) is 0 Å². The highest BCUT2D eigenvalue weighted by Gasteiger charge is 2.16. The van der Waals surface area contributed by atoms with Gasteiger partial charge in [-0.25, -0.2) is 0 Å². The van der Waals surface area contributed by atoms with Crippen molar-refractivity contribution in [2.24, 2.45) is 0 Å². The predicted molar refractivity (Wildman–Crippen MR) is 127 cm³/mol. The number of nitrogens with one attached hydrogen (secondary N) is 3. The van der Waals surface area contributed by atoms with Crippen LogP contribution in [-0.2, 0) is 4.79 Å². The van der Waals surface area contributed by atoms with E-state index in [4.69, 9.17) is 9.47 Å². The lowest BCUT2D eigenvalue weighted by atomic mass is 10.1. The molecule has 0 spiro atoms. The third kappa shape index (κ3) is 5.57. The molecule has 3 aromatic carbocycles. The van der Waals surface area contributed by atoms with Gasteiger partial charge in [0.1, 0.15) is 17.5 Å². The van der Waals surface area contributed by atoms with Gasteiger partial charge in [0.25, 0.3) is 5.91 Å². The minimum atomic E-state index is -0.501. The summed E-state index contributed by atoms with van der Waals surface area (Å²) >= 11 is 0. The first-order valence-electron chi connectivity index (χ1n) is 10.2. The lowest BCUT2D eigenvalue weighted by Gasteiger charge is -2.18. The van der Waals surface area contributed by atoms with Crippen LogP contribution in [0.25, 0.3) is 0 Å². The molecule has 0 saturated heterocycles. The number of carbonyl (C=O) groups is 2. The minimum Gasteiger partial charge on any atom is -0.495 e. The van der Waals surface area contributed by atoms with Gasteiger partial charge in [-0.3, -0.25) is 9.59 Å². The van der Waals surface area contributed by atoms with E-state index in [0.717, 1.165) is 11.3 Å². The number of aryl methyl sites for hydroxylation is 1. The molecule has 0 bridgehead atoms. The quantitative estimate of drug-likeness (QED) is 0.479. The fourth-order valence-electron chi connectivity index (χ4n) is 3.13. The summed E-state index contributed by atoms with van der Waals surface area (Å²) in [5, 5.41) is 8.86. The first-order valence-corrected chi connectivity index (χ1v) is 10.2. The topological polar surface area (TPSA) is 88.7 Å². The van der Waals surface area contributed by atoms with Crippen molar-refractivity contribution in [1.29, 1.82) is 0 Å². The Morgan fingerprint density at radius 1 is 0.812 bits per heavy atom. The maximum Gasteiger partial charge on any atom is 0.255 e. The van der Waals surface area contributed by atoms with Crippen LogP contribution >= 0.6 is 0 Å². The van der Waals surface area contributed by atoms with Crippen LogP contribution in [0.4, 0.5) is 17.1 Å². The van der Waals surface area contributed by atoms with Gasteiger partial charge in [0.15, 0.2) is 0 Å². The lowest BCUT2D eigenvalue weighted by molar-refractivity contribution is -0.116. The van der Waals surface area contributed by atoms with Crippen molar-refractivity contribution in [3.8, 4) is 11.5 Å². The number of ether oxygens (including phenoxy) is 2. The van der Waals surface area contributed by atoms with Gasteiger partial charge >= 0.3 is 0 Å². The Kier molecular flexibility index (Phi) is 7.33. The van der Waals surface area contributed by atoms with E-state index in [1.165, 1.54) is 0 Å². The van der Waals surface area contributed by atoms with E-state index in [-0.39, 0.29) is 11.8 Å². The van der Waals surface area contributed by atoms with Gasteiger partial charge in [-0.05, 0) is 67.9 Å². The number of hydrogen-bond donors (Lipinski definition) is 3. The maximum atomic E-state index is 12.6. The molecule has 3 rings (SSSR count). The summed E-state index contributed by atoms with van der Waals surface area (Å²) in [6.45, 7) is 3.74. The number of anilines is 3. The van der Waals surface area contributed by atoms with Gasteiger partial charge < -0.3 is 25.4 Å². The third-order valence-corrected chi connectivity index (χ3v) is 4.89. The molecule has 0 fully saturated rings. The highest BCUT2D eigenvalue weighted by atomic mass is 16.5. The van der Waals surface area contributed by atoms with Crippen LogP contribution in [0, 0.1) is 6.92 Å². The van der Waals surface area contributed by atoms with E-state index in [0.29, 0.717) is 28.4 Å². The Morgan fingerprint density at radius 2 is 1.47 bits per heavy atom. The van der Waals surface area contributed by atoms with Gasteiger partial charge in [0.05, 0.1) is 25.6 Å². The largest absolute Gasteiger partial charge is 0.495 e. The van der Waals surface area contributed by atoms with E-state index in [9.17, 15) is 9.59 Å². The molecule has 0 heterocycles. The summed E-state index contributed by atoms with van der Waals surface area (Å²) < 4.78 is 10.6. The average molecular weight is 434 g/mol. The molecule has 32 heavy (non-hydrogen) atoms. The Hall–Kier alpha value is -4.00. The zero-order chi connectivity index (χ0) is 23.1. The average Bonchev–Trinajstić information content (AvgIpc) is 2.80. The first-order chi connectivity index (χ1) is 15.4. The van der Waals surface area contributed by atoms with Crippen molar-refractivity contribution in [2.45, 2.75) is 19.9 Å². The number of amides is 2. The van der Waals surface area contributed by atoms with E-state index < -0.39 is 6.04 Å². The van der Waals surface area contributed by atoms with Crippen LogP contribution in [0.15, 0.2) is 66.7 Å². The number of methoxy groups -OCH3 is 2. The number of para-hydroxylation sites is 2. The minimum absolute atomic E-state index is 0.209. The molecule has 7 heteroatoms. The molecule has 0 radical (unpaired) electrons. The van der Waals surface area contributed by atoms with Gasteiger partial charge in [-0.2, -0.15) is 0 Å². The summed E-state index contributed by atoms with van der Waals surface area (Å²) in [6, 6.07) is 19.1. The molecule has 166 valence electrons. The lowest BCUT2D eigenvalue weighted by Crippen LogP contribution is -2.32. The Morgan fingerprint density at radius 3 is 2.16 bits per heavy atom. The van der Waals surface area contributed by atoms with E-state index >= 15 is 0 Å². The highest BCUT2D eigenvalue weighted by molar-refractivity contribution is 6.05. The van der Waals surface area contributed by atoms with E-state index in [1.807, 2.05) is 37.3 Å². The number of benzene rings is 3. The van der Waals surface area contributed by atoms with Gasteiger partial charge in [-0.15, -0.1) is 0 Å². The Balaban J connectivity index is 1.62. The van der Waals surface area contributed by atoms with Crippen molar-refractivity contribution in [1.82, 2.24) is 0 Å². The molecule has 0 aliphatic heterocycles. The highest BCUT2D eigenvalue weighted by Crippen LogP contribution is 2.26. The zero-order valence-corrected chi connectivity index (χ0v) is 18.6. The summed E-state index contributed by atoms with van der Waals surface area (Å²) in [7, 11) is 3.14. The van der Waals surface area contributed by atoms with Gasteiger partial charge in [0.2, 0.25) is 5.91 Å². The predicted octanol–water partition coefficient (Wildman–Crippen LogP) is 4.70. The molecule has 0 unspecified atom stereocenters. The van der Waals surface area contributed by atoms with Crippen LogP contribution < -0.4 is 25.4 Å². The molecule has 0 aliphatic rings. The molecule has 7 nitrogen and oxygen atoms in total. The number of hydrogen-bond acceptors (Lipinski definition) is 5. The molecular formula is C25H27N3O4. The summed E-state index contributed by atoms with van der Waals surface area (Å²) in [6.07, 6.45) is 0. The van der Waals surface area contributed by atoms with Crippen LogP contribution in [-0.4, -0.2) is 32.1 Å². The molecule has 2 amide bonds. The Bertz CT molecular complexity index is 1100. The van der Waals surface area contributed by atoms with Crippen LogP contribution in [0.3, 0.4) is 0 Å². The maximum absolute atomic E-state index is 12.6. The van der Waals surface area contributed by atoms with Crippen molar-refractivity contribution in [3.05, 3.63) is 77.9 Å². The van der Waals surface area contributed by atoms with Gasteiger partial charge in [-0.1, -0.05) is 18.2 Å². The molecule has 0 saturated carbocycles. The Labute approximate surface area is 187 Å². The standard InChI is InChI=1S/C25H27N3O4/c1-16-9-14-23(32-4)21(15-16)26-17(2)24(29)27-19-12-10-18(11-13-19)25(30)28-20-7-5-6-8-22(20)31-3/h5-15,17,26H,1-4H3,(H,27,29)(H,28,30)/t17-/m1/s1. The van der Waals surface area contributed by atoms with Crippen molar-refractivity contribution in [2.75, 3.05) is 30.2 Å². The smallest absolute Gasteiger partial charge is 0.255 e. The van der Waals surface area contributed by atoms with Crippen LogP contribution in [0.2, 0.25) is 0 Å². The van der Waals surface area contributed by atoms with Crippen LogP contribution in [0.5, 0.6) is 11.5 Å². The second-order valence-corrected chi connectivity index (χ2v) is 7.29. The van der Waals surface area contributed by atoms with Crippen LogP contribution in [0.1, 0.15) is 22.8 Å². The van der Waals surface area contributed by atoms with Gasteiger partial charge in [0, 0.05) is 11.3 Å². The summed E-state index contributed by atoms with van der Waals surface area (Å²) in [5.74, 6) is 0.769. The summed E-state index contributed by atoms with van der Waals surface area (Å²) in [4.78, 5) is 25.2. The van der Waals surface area contributed by atoms with E-state index in [1.54, 1.807) is 57.5 Å². The molecule has 0 aliphatic carbocycles. The first kappa shape index (κ1) is 22.7. The normalized spacial score (nSPS) is 11.2. The molecule has 3 N–H and O–H groups in total. The molecular weight excluding hydrogens is 406 g/mol. The second kappa shape index (κ2) is 10.3. The number of rotatable bonds is 8. The molecule has 3 aromatic rings. The second-order valence-electron chi connectivity index (χ2n) is 7.29. The van der Waals surface area contributed by atoms with E-state index in [2.05, 4.69) is 16.0 Å². The van der Waals surface area contributed by atoms with Crippen molar-refractivity contribution >= 4 is 28.9 Å². The zero-order valence-electron chi connectivity index (χ0n) is 18.6. The fourth-order valence-corrected chi connectivity index (χ4v) is 3.13. The number of carbonyl (C=O) groups excluding carboxylic acids is 2. The monoisotopic (exact) mass is 433 g/mol. The SMILES string of the molecule is COc1ccccc1NC(=O)c1ccc(NC(=O)[C@@H](C)Nc2cc(C)ccc2OC)cc1. The van der Waals surface area contributed by atoms with Crippen molar-refractivity contribution < 1.29 is 19.1 Å². The molecule has 1 atom stereocenters. The third-order valence-electron chi connectivity index (χ3n) is 4.89.